The summed E-state index contributed by atoms with van der Waals surface area (Å²) in [5, 5.41) is 3.62. The van der Waals surface area contributed by atoms with Crippen molar-refractivity contribution in [3.63, 3.8) is 0 Å². The normalized spacial score (nSPS) is 14.8. The maximum absolute atomic E-state index is 14.2. The van der Waals surface area contributed by atoms with Crippen LogP contribution in [0.5, 0.6) is 0 Å². The van der Waals surface area contributed by atoms with Crippen LogP contribution in [0.2, 0.25) is 10.0 Å². The minimum Gasteiger partial charge on any atom is -0.467 e. The molecule has 0 unspecified atom stereocenters. The molecule has 0 spiro atoms. The Morgan fingerprint density at radius 3 is 2.08 bits per heavy atom. The fraction of sp³-hybridized carbons (Fsp3) is 0.286. The van der Waals surface area contributed by atoms with Gasteiger partial charge in [0.25, 0.3) is 5.91 Å². The van der Waals surface area contributed by atoms with E-state index in [1.54, 1.807) is 0 Å². The number of amides is 1. The first-order valence-corrected chi connectivity index (χ1v) is 14.8. The van der Waals surface area contributed by atoms with E-state index in [4.69, 9.17) is 23.2 Å². The molecule has 2 N–H and O–H groups in total. The molecule has 1 aliphatic rings. The molecule has 0 saturated carbocycles. The first kappa shape index (κ1) is 29.8. The van der Waals surface area contributed by atoms with Gasteiger partial charge in [0.15, 0.2) is 0 Å². The van der Waals surface area contributed by atoms with Crippen molar-refractivity contribution in [3.8, 4) is 0 Å². The Labute approximate surface area is 242 Å². The van der Waals surface area contributed by atoms with E-state index in [1.807, 2.05) is 48.5 Å². The molecule has 3 aromatic rings. The number of sulfonamides is 1. The number of carbonyl (C=O) groups is 2. The molecule has 1 fully saturated rings. The molecule has 1 atom stereocenters. The average Bonchev–Trinajstić information content (AvgIpc) is 2.88. The highest BCUT2D eigenvalue weighted by atomic mass is 35.5. The highest BCUT2D eigenvalue weighted by Crippen LogP contribution is 2.36. The van der Waals surface area contributed by atoms with Crippen molar-refractivity contribution in [1.82, 2.24) is 10.2 Å². The second-order valence-corrected chi connectivity index (χ2v) is 12.3. The summed E-state index contributed by atoms with van der Waals surface area (Å²) < 4.78 is 47.1. The van der Waals surface area contributed by atoms with Crippen LogP contribution in [0.1, 0.15) is 34.5 Å². The van der Waals surface area contributed by atoms with E-state index in [9.17, 15) is 22.4 Å². The summed E-state index contributed by atoms with van der Waals surface area (Å²) in [7, 11) is -2.69. The molecule has 1 saturated heterocycles. The summed E-state index contributed by atoms with van der Waals surface area (Å²) >= 11 is 12.2. The molecule has 3 aromatic carbocycles. The molecule has 212 valence electrons. The number of ether oxygens (including phenoxy) is 1. The van der Waals surface area contributed by atoms with Gasteiger partial charge in [0.1, 0.15) is 11.9 Å². The minimum atomic E-state index is -3.87. The SMILES string of the molecule is COC(=O)[C@H](C)NC(=O)c1cc(F)cc(NS(=O)(=O)CC2CN(C(c3ccc(Cl)cc3)c3ccc(Cl)cc3)C2)c1. The zero-order valence-corrected chi connectivity index (χ0v) is 24.1. The predicted molar refractivity (Wildman–Crippen MR) is 153 cm³/mol. The molecule has 40 heavy (non-hydrogen) atoms. The lowest BCUT2D eigenvalue weighted by molar-refractivity contribution is -0.142. The molecule has 12 heteroatoms. The molecule has 0 aliphatic carbocycles. The van der Waals surface area contributed by atoms with Crippen molar-refractivity contribution in [3.05, 3.63) is 99.3 Å². The lowest BCUT2D eigenvalue weighted by Crippen LogP contribution is -2.51. The van der Waals surface area contributed by atoms with E-state index in [-0.39, 0.29) is 29.0 Å². The highest BCUT2D eigenvalue weighted by molar-refractivity contribution is 7.92. The largest absolute Gasteiger partial charge is 0.467 e. The summed E-state index contributed by atoms with van der Waals surface area (Å²) in [6.07, 6.45) is 0. The fourth-order valence-electron chi connectivity index (χ4n) is 4.66. The van der Waals surface area contributed by atoms with Crippen LogP contribution in [-0.2, 0) is 19.6 Å². The number of halogens is 3. The number of hydrogen-bond acceptors (Lipinski definition) is 6. The van der Waals surface area contributed by atoms with Crippen LogP contribution in [0.4, 0.5) is 10.1 Å². The maximum Gasteiger partial charge on any atom is 0.328 e. The zero-order chi connectivity index (χ0) is 29.0. The number of nitrogens with zero attached hydrogens (tertiary/aromatic N) is 1. The molecule has 1 amide bonds. The van der Waals surface area contributed by atoms with E-state index >= 15 is 0 Å². The summed E-state index contributed by atoms with van der Waals surface area (Å²) in [6, 6.07) is 17.1. The molecule has 8 nitrogen and oxygen atoms in total. The minimum absolute atomic E-state index is 0.0905. The van der Waals surface area contributed by atoms with Crippen LogP contribution in [0.3, 0.4) is 0 Å². The molecule has 4 rings (SSSR count). The van der Waals surface area contributed by atoms with Gasteiger partial charge in [0.05, 0.1) is 24.6 Å². The number of esters is 1. The van der Waals surface area contributed by atoms with Crippen LogP contribution >= 0.6 is 23.2 Å². The van der Waals surface area contributed by atoms with Crippen LogP contribution in [-0.4, -0.2) is 57.2 Å². The van der Waals surface area contributed by atoms with Crippen molar-refractivity contribution >= 4 is 50.8 Å². The summed E-state index contributed by atoms with van der Waals surface area (Å²) in [4.78, 5) is 26.2. The molecule has 0 bridgehead atoms. The van der Waals surface area contributed by atoms with Crippen molar-refractivity contribution in [2.75, 3.05) is 30.7 Å². The van der Waals surface area contributed by atoms with Crippen LogP contribution in [0.25, 0.3) is 0 Å². The Bertz CT molecular complexity index is 1440. The predicted octanol–water partition coefficient (Wildman–Crippen LogP) is 4.89. The standard InChI is InChI=1S/C28H28Cl2FN3O5S/c1-17(28(36)39-2)32-27(35)21-11-24(31)13-25(12-21)33-40(37,38)16-18-14-34(15-18)26(19-3-7-22(29)8-4-19)20-5-9-23(30)10-6-20/h3-13,17-18,26,33H,14-16H2,1-2H3,(H,32,35)/t17-/m0/s1. The Balaban J connectivity index is 1.42. The molecular formula is C28H28Cl2FN3O5S. The number of likely N-dealkylation sites (tertiary alicyclic amines) is 1. The lowest BCUT2D eigenvalue weighted by atomic mass is 9.91. The topological polar surface area (TPSA) is 105 Å². The smallest absolute Gasteiger partial charge is 0.328 e. The van der Waals surface area contributed by atoms with Crippen LogP contribution < -0.4 is 10.0 Å². The van der Waals surface area contributed by atoms with Gasteiger partial charge in [0, 0.05) is 34.6 Å². The van der Waals surface area contributed by atoms with Crippen molar-refractivity contribution in [2.24, 2.45) is 5.92 Å². The Morgan fingerprint density at radius 2 is 1.55 bits per heavy atom. The second kappa shape index (κ2) is 12.6. The van der Waals surface area contributed by atoms with Gasteiger partial charge in [-0.15, -0.1) is 0 Å². The fourth-order valence-corrected chi connectivity index (χ4v) is 6.30. The van der Waals surface area contributed by atoms with Gasteiger partial charge in [-0.05, 0) is 60.5 Å². The highest BCUT2D eigenvalue weighted by Gasteiger charge is 2.36. The second-order valence-electron chi connectivity index (χ2n) is 9.66. The zero-order valence-electron chi connectivity index (χ0n) is 21.7. The van der Waals surface area contributed by atoms with E-state index in [0.717, 1.165) is 23.3 Å². The van der Waals surface area contributed by atoms with Crippen LogP contribution in [0.15, 0.2) is 66.7 Å². The molecule has 0 aromatic heterocycles. The van der Waals surface area contributed by atoms with Gasteiger partial charge >= 0.3 is 5.97 Å². The van der Waals surface area contributed by atoms with Gasteiger partial charge in [0.2, 0.25) is 10.0 Å². The van der Waals surface area contributed by atoms with Gasteiger partial charge < -0.3 is 10.1 Å². The quantitative estimate of drug-likeness (QED) is 0.318. The van der Waals surface area contributed by atoms with E-state index in [2.05, 4.69) is 19.7 Å². The first-order chi connectivity index (χ1) is 18.9. The van der Waals surface area contributed by atoms with Gasteiger partial charge in [-0.3, -0.25) is 14.4 Å². The van der Waals surface area contributed by atoms with E-state index in [0.29, 0.717) is 23.1 Å². The lowest BCUT2D eigenvalue weighted by Gasteiger charge is -2.44. The number of hydrogen-bond donors (Lipinski definition) is 2. The van der Waals surface area contributed by atoms with E-state index < -0.39 is 33.8 Å². The third-order valence-corrected chi connectivity index (χ3v) is 8.47. The summed E-state index contributed by atoms with van der Waals surface area (Å²) in [5.74, 6) is -2.58. The van der Waals surface area contributed by atoms with Crippen molar-refractivity contribution in [2.45, 2.75) is 19.0 Å². The summed E-state index contributed by atoms with van der Waals surface area (Å²) in [5.41, 5.74) is 1.79. The number of anilines is 1. The first-order valence-electron chi connectivity index (χ1n) is 12.4. The number of nitrogens with one attached hydrogen (secondary N) is 2. The number of methoxy groups -OCH3 is 1. The average molecular weight is 609 g/mol. The molecule has 0 radical (unpaired) electrons. The molecule has 1 heterocycles. The number of rotatable bonds is 10. The number of carbonyl (C=O) groups excluding carboxylic acids is 2. The molecular weight excluding hydrogens is 580 g/mol. The molecule has 1 aliphatic heterocycles. The van der Waals surface area contributed by atoms with Crippen LogP contribution in [0, 0.1) is 11.7 Å². The van der Waals surface area contributed by atoms with Gasteiger partial charge in [-0.2, -0.15) is 0 Å². The monoisotopic (exact) mass is 607 g/mol. The third-order valence-electron chi connectivity index (χ3n) is 6.51. The Kier molecular flexibility index (Phi) is 9.35. The van der Waals surface area contributed by atoms with Gasteiger partial charge in [-0.1, -0.05) is 47.5 Å². The summed E-state index contributed by atoms with van der Waals surface area (Å²) in [6.45, 7) is 2.44. The van der Waals surface area contributed by atoms with Crippen molar-refractivity contribution < 1.29 is 27.1 Å². The van der Waals surface area contributed by atoms with E-state index in [1.165, 1.54) is 20.1 Å². The Morgan fingerprint density at radius 1 is 1.00 bits per heavy atom. The third kappa shape index (κ3) is 7.51. The van der Waals surface area contributed by atoms with Crippen molar-refractivity contribution in [1.29, 1.82) is 0 Å². The van der Waals surface area contributed by atoms with Gasteiger partial charge in [-0.25, -0.2) is 17.6 Å². The number of benzene rings is 3. The Hall–Kier alpha value is -3.18. The maximum atomic E-state index is 14.2.